The van der Waals surface area contributed by atoms with Crippen LogP contribution in [0.2, 0.25) is 0 Å². The molecule has 3 heteroatoms. The van der Waals surface area contributed by atoms with Crippen molar-refractivity contribution in [2.45, 2.75) is 25.7 Å². The highest BCUT2D eigenvalue weighted by Gasteiger charge is 2.17. The van der Waals surface area contributed by atoms with Crippen LogP contribution in [0.5, 0.6) is 0 Å². The first-order valence-corrected chi connectivity index (χ1v) is 7.38. The summed E-state index contributed by atoms with van der Waals surface area (Å²) in [7, 11) is 0. The van der Waals surface area contributed by atoms with E-state index in [1.54, 1.807) is 4.40 Å². The molecule has 1 aliphatic rings. The lowest BCUT2D eigenvalue weighted by Gasteiger charge is -2.07. The van der Waals surface area contributed by atoms with E-state index in [0.717, 1.165) is 42.6 Å². The van der Waals surface area contributed by atoms with E-state index < -0.39 is 0 Å². The SMILES string of the molecule is O=c1c2c(nc3cc(Cc4ccccc4)ccn13)CCC2. The molecule has 104 valence electrons. The van der Waals surface area contributed by atoms with Gasteiger partial charge in [-0.25, -0.2) is 4.98 Å². The van der Waals surface area contributed by atoms with Gasteiger partial charge in [0, 0.05) is 11.8 Å². The monoisotopic (exact) mass is 276 g/mol. The topological polar surface area (TPSA) is 34.4 Å². The van der Waals surface area contributed by atoms with Crippen LogP contribution in [0.25, 0.3) is 5.65 Å². The first-order chi connectivity index (χ1) is 10.3. The van der Waals surface area contributed by atoms with Gasteiger partial charge in [-0.05, 0) is 48.9 Å². The van der Waals surface area contributed by atoms with Crippen LogP contribution < -0.4 is 5.56 Å². The first-order valence-electron chi connectivity index (χ1n) is 7.38. The Morgan fingerprint density at radius 2 is 1.90 bits per heavy atom. The molecule has 3 aromatic rings. The van der Waals surface area contributed by atoms with Crippen LogP contribution in [0, 0.1) is 0 Å². The van der Waals surface area contributed by atoms with Gasteiger partial charge in [0.25, 0.3) is 5.56 Å². The number of nitrogens with zero attached hydrogens (tertiary/aromatic N) is 2. The van der Waals surface area contributed by atoms with Crippen molar-refractivity contribution in [3.05, 3.63) is 81.4 Å². The minimum absolute atomic E-state index is 0.110. The van der Waals surface area contributed by atoms with E-state index in [-0.39, 0.29) is 5.56 Å². The molecule has 0 saturated carbocycles. The van der Waals surface area contributed by atoms with Gasteiger partial charge in [0.2, 0.25) is 0 Å². The molecule has 0 amide bonds. The Hall–Kier alpha value is -2.42. The maximum absolute atomic E-state index is 12.4. The van der Waals surface area contributed by atoms with Crippen LogP contribution in [0.15, 0.2) is 53.5 Å². The smallest absolute Gasteiger partial charge is 0.261 e. The Kier molecular flexibility index (Phi) is 2.85. The van der Waals surface area contributed by atoms with E-state index >= 15 is 0 Å². The normalized spacial score (nSPS) is 13.5. The van der Waals surface area contributed by atoms with Crippen molar-refractivity contribution in [1.29, 1.82) is 0 Å². The molecule has 21 heavy (non-hydrogen) atoms. The minimum Gasteiger partial charge on any atom is -0.269 e. The van der Waals surface area contributed by atoms with Crippen molar-refractivity contribution in [3.63, 3.8) is 0 Å². The van der Waals surface area contributed by atoms with Gasteiger partial charge in [0.05, 0.1) is 5.69 Å². The van der Waals surface area contributed by atoms with Crippen molar-refractivity contribution in [1.82, 2.24) is 9.38 Å². The fraction of sp³-hybridized carbons (Fsp3) is 0.222. The minimum atomic E-state index is 0.110. The molecule has 2 aromatic heterocycles. The second kappa shape index (κ2) is 4.85. The van der Waals surface area contributed by atoms with Gasteiger partial charge in [-0.3, -0.25) is 9.20 Å². The number of hydrogen-bond donors (Lipinski definition) is 0. The quantitative estimate of drug-likeness (QED) is 0.721. The molecular formula is C18H16N2O. The van der Waals surface area contributed by atoms with Crippen molar-refractivity contribution in [3.8, 4) is 0 Å². The predicted octanol–water partition coefficient (Wildman–Crippen LogP) is 2.77. The largest absolute Gasteiger partial charge is 0.269 e. The standard InChI is InChI=1S/C18H16N2O/c21-18-15-7-4-8-16(15)19-17-12-14(9-10-20(17)18)11-13-5-2-1-3-6-13/h1-3,5-6,9-10,12H,4,7-8,11H2. The molecule has 4 rings (SSSR count). The van der Waals surface area contributed by atoms with Crippen LogP contribution in [-0.2, 0) is 19.3 Å². The van der Waals surface area contributed by atoms with E-state index in [0.29, 0.717) is 0 Å². The van der Waals surface area contributed by atoms with Gasteiger partial charge in [0.1, 0.15) is 5.65 Å². The summed E-state index contributed by atoms with van der Waals surface area (Å²) in [5.41, 5.74) is 5.24. The van der Waals surface area contributed by atoms with Crippen LogP contribution >= 0.6 is 0 Å². The summed E-state index contributed by atoms with van der Waals surface area (Å²) in [4.78, 5) is 17.1. The molecule has 0 aliphatic heterocycles. The Balaban J connectivity index is 1.80. The maximum Gasteiger partial charge on any atom is 0.261 e. The van der Waals surface area contributed by atoms with Gasteiger partial charge in [-0.2, -0.15) is 0 Å². The fourth-order valence-electron chi connectivity index (χ4n) is 3.09. The molecule has 0 spiro atoms. The maximum atomic E-state index is 12.4. The van der Waals surface area contributed by atoms with Crippen LogP contribution in [-0.4, -0.2) is 9.38 Å². The summed E-state index contributed by atoms with van der Waals surface area (Å²) >= 11 is 0. The summed E-state index contributed by atoms with van der Waals surface area (Å²) < 4.78 is 1.68. The summed E-state index contributed by atoms with van der Waals surface area (Å²) in [6, 6.07) is 14.4. The summed E-state index contributed by atoms with van der Waals surface area (Å²) in [5.74, 6) is 0. The zero-order chi connectivity index (χ0) is 14.2. The lowest BCUT2D eigenvalue weighted by molar-refractivity contribution is 0.899. The van der Waals surface area contributed by atoms with Crippen LogP contribution in [0.1, 0.15) is 28.8 Å². The van der Waals surface area contributed by atoms with Gasteiger partial charge in [-0.1, -0.05) is 30.3 Å². The van der Waals surface area contributed by atoms with Gasteiger partial charge in [0.15, 0.2) is 0 Å². The molecular weight excluding hydrogens is 260 g/mol. The van der Waals surface area contributed by atoms with E-state index in [4.69, 9.17) is 0 Å². The number of pyridine rings is 1. The zero-order valence-electron chi connectivity index (χ0n) is 11.7. The molecule has 2 heterocycles. The van der Waals surface area contributed by atoms with E-state index in [1.165, 1.54) is 11.1 Å². The Morgan fingerprint density at radius 1 is 1.05 bits per heavy atom. The molecule has 0 atom stereocenters. The van der Waals surface area contributed by atoms with Crippen LogP contribution in [0.3, 0.4) is 0 Å². The van der Waals surface area contributed by atoms with Crippen molar-refractivity contribution in [2.24, 2.45) is 0 Å². The van der Waals surface area contributed by atoms with Crippen LogP contribution in [0.4, 0.5) is 0 Å². The molecule has 1 aromatic carbocycles. The summed E-state index contributed by atoms with van der Waals surface area (Å²) in [5, 5.41) is 0. The molecule has 0 unspecified atom stereocenters. The number of fused-ring (bicyclic) bond motifs is 2. The lowest BCUT2D eigenvalue weighted by Crippen LogP contribution is -2.19. The summed E-state index contributed by atoms with van der Waals surface area (Å²) in [6.07, 6.45) is 5.58. The second-order valence-corrected chi connectivity index (χ2v) is 5.62. The second-order valence-electron chi connectivity index (χ2n) is 5.62. The number of rotatable bonds is 2. The third-order valence-electron chi connectivity index (χ3n) is 4.17. The predicted molar refractivity (Wildman–Crippen MR) is 82.7 cm³/mol. The number of aromatic nitrogens is 2. The van der Waals surface area contributed by atoms with E-state index in [1.807, 2.05) is 36.5 Å². The Morgan fingerprint density at radius 3 is 2.76 bits per heavy atom. The van der Waals surface area contributed by atoms with Gasteiger partial charge < -0.3 is 0 Å². The molecule has 0 fully saturated rings. The average molecular weight is 276 g/mol. The molecule has 0 radical (unpaired) electrons. The highest BCUT2D eigenvalue weighted by Crippen LogP contribution is 2.18. The van der Waals surface area contributed by atoms with Gasteiger partial charge in [-0.15, -0.1) is 0 Å². The molecule has 0 N–H and O–H groups in total. The zero-order valence-corrected chi connectivity index (χ0v) is 11.7. The fourth-order valence-corrected chi connectivity index (χ4v) is 3.09. The van der Waals surface area contributed by atoms with Crippen molar-refractivity contribution < 1.29 is 0 Å². The third-order valence-corrected chi connectivity index (χ3v) is 4.17. The van der Waals surface area contributed by atoms with Crippen molar-refractivity contribution >= 4 is 5.65 Å². The molecule has 1 aliphatic carbocycles. The highest BCUT2D eigenvalue weighted by molar-refractivity contribution is 5.45. The number of aryl methyl sites for hydroxylation is 1. The van der Waals surface area contributed by atoms with E-state index in [9.17, 15) is 4.79 Å². The van der Waals surface area contributed by atoms with E-state index in [2.05, 4.69) is 17.1 Å². The third kappa shape index (κ3) is 2.15. The van der Waals surface area contributed by atoms with Gasteiger partial charge >= 0.3 is 0 Å². The molecule has 0 bridgehead atoms. The number of hydrogen-bond acceptors (Lipinski definition) is 2. The number of benzene rings is 1. The highest BCUT2D eigenvalue weighted by atomic mass is 16.1. The molecule has 0 saturated heterocycles. The lowest BCUT2D eigenvalue weighted by atomic mass is 10.1. The van der Waals surface area contributed by atoms with Crippen molar-refractivity contribution in [2.75, 3.05) is 0 Å². The Labute approximate surface area is 122 Å². The summed E-state index contributed by atoms with van der Waals surface area (Å²) in [6.45, 7) is 0. The Bertz CT molecular complexity index is 866. The first kappa shape index (κ1) is 12.3. The molecule has 3 nitrogen and oxygen atoms in total. The average Bonchev–Trinajstić information content (AvgIpc) is 2.97.